The van der Waals surface area contributed by atoms with Crippen molar-refractivity contribution in [3.8, 4) is 39.9 Å². The van der Waals surface area contributed by atoms with Crippen LogP contribution in [0.5, 0.6) is 0 Å². The first kappa shape index (κ1) is 28.2. The quantitative estimate of drug-likeness (QED) is 0.187. The lowest BCUT2D eigenvalue weighted by atomic mass is 10.1. The Kier molecular flexibility index (Phi) is 6.05. The first-order valence-electron chi connectivity index (χ1n) is 17.0. The molecule has 0 aliphatic heterocycles. The van der Waals surface area contributed by atoms with E-state index in [0.29, 0.717) is 17.5 Å². The van der Waals surface area contributed by atoms with Crippen molar-refractivity contribution in [3.05, 3.63) is 158 Å². The van der Waals surface area contributed by atoms with Gasteiger partial charge in [0.1, 0.15) is 11.2 Å². The Balaban J connectivity index is 1.24. The molecule has 0 spiro atoms. The third-order valence-electron chi connectivity index (χ3n) is 9.87. The van der Waals surface area contributed by atoms with E-state index in [-0.39, 0.29) is 0 Å². The Bertz CT molecular complexity index is 3150. The number of nitrogens with zero attached hydrogens (tertiary/aromatic N) is 4. The molecule has 11 rings (SSSR count). The molecule has 0 radical (unpaired) electrons. The van der Waals surface area contributed by atoms with E-state index in [1.807, 2.05) is 72.0 Å². The summed E-state index contributed by atoms with van der Waals surface area (Å²) in [4.78, 5) is 15.6. The van der Waals surface area contributed by atoms with Crippen molar-refractivity contribution in [2.24, 2.45) is 0 Å². The van der Waals surface area contributed by atoms with Gasteiger partial charge in [0.15, 0.2) is 17.5 Å². The second-order valence-electron chi connectivity index (χ2n) is 12.8. The summed E-state index contributed by atoms with van der Waals surface area (Å²) in [5.41, 5.74) is 7.71. The lowest BCUT2D eigenvalue weighted by Crippen LogP contribution is -2.03. The molecule has 0 amide bonds. The van der Waals surface area contributed by atoms with E-state index in [2.05, 4.69) is 102 Å². The summed E-state index contributed by atoms with van der Waals surface area (Å²) in [6.07, 6.45) is 0. The molecule has 5 nitrogen and oxygen atoms in total. The molecule has 0 unspecified atom stereocenters. The van der Waals surface area contributed by atoms with Gasteiger partial charge in [0.25, 0.3) is 0 Å². The second kappa shape index (κ2) is 10.9. The molecule has 0 aliphatic rings. The molecule has 4 aromatic heterocycles. The third kappa shape index (κ3) is 4.24. The van der Waals surface area contributed by atoms with Crippen molar-refractivity contribution < 1.29 is 4.42 Å². The zero-order chi connectivity index (χ0) is 33.5. The summed E-state index contributed by atoms with van der Waals surface area (Å²) in [6.45, 7) is 0. The van der Waals surface area contributed by atoms with Crippen LogP contribution in [-0.2, 0) is 0 Å². The molecular weight excluding hydrogens is 645 g/mol. The van der Waals surface area contributed by atoms with E-state index in [9.17, 15) is 0 Å². The zero-order valence-corrected chi connectivity index (χ0v) is 27.9. The van der Waals surface area contributed by atoms with E-state index >= 15 is 0 Å². The van der Waals surface area contributed by atoms with E-state index < -0.39 is 0 Å². The fourth-order valence-electron chi connectivity index (χ4n) is 7.67. The number of rotatable bonds is 4. The van der Waals surface area contributed by atoms with Crippen LogP contribution in [0.3, 0.4) is 0 Å². The maximum absolute atomic E-state index is 6.28. The number of hydrogen-bond donors (Lipinski definition) is 0. The van der Waals surface area contributed by atoms with Crippen LogP contribution in [0.1, 0.15) is 0 Å². The third-order valence-corrected chi connectivity index (χ3v) is 11.0. The number of benzene rings is 7. The van der Waals surface area contributed by atoms with Crippen LogP contribution in [0.25, 0.3) is 104 Å². The Labute approximate surface area is 295 Å². The Morgan fingerprint density at radius 2 is 1.10 bits per heavy atom. The van der Waals surface area contributed by atoms with Crippen molar-refractivity contribution >= 4 is 75.3 Å². The van der Waals surface area contributed by atoms with Crippen molar-refractivity contribution in [2.45, 2.75) is 0 Å². The highest BCUT2D eigenvalue weighted by Crippen LogP contribution is 2.44. The van der Waals surface area contributed by atoms with E-state index in [1.165, 1.54) is 36.5 Å². The fourth-order valence-corrected chi connectivity index (χ4v) is 8.78. The van der Waals surface area contributed by atoms with Gasteiger partial charge in [-0.1, -0.05) is 115 Å². The van der Waals surface area contributed by atoms with Gasteiger partial charge in [0.05, 0.1) is 16.7 Å². The van der Waals surface area contributed by atoms with Gasteiger partial charge in [-0.25, -0.2) is 15.0 Å². The number of fused-ring (bicyclic) bond motifs is 10. The minimum atomic E-state index is 0.597. The maximum atomic E-state index is 6.28. The van der Waals surface area contributed by atoms with Crippen LogP contribution in [0.2, 0.25) is 0 Å². The fraction of sp³-hybridized carbons (Fsp3) is 0. The Hall–Kier alpha value is -6.63. The average molecular weight is 671 g/mol. The highest BCUT2D eigenvalue weighted by atomic mass is 32.1. The molecule has 0 atom stereocenters. The van der Waals surface area contributed by atoms with Gasteiger partial charge < -0.3 is 8.98 Å². The highest BCUT2D eigenvalue weighted by Gasteiger charge is 2.22. The van der Waals surface area contributed by atoms with Crippen molar-refractivity contribution in [1.82, 2.24) is 19.5 Å². The van der Waals surface area contributed by atoms with Crippen LogP contribution < -0.4 is 0 Å². The van der Waals surface area contributed by atoms with Crippen LogP contribution >= 0.6 is 11.3 Å². The lowest BCUT2D eigenvalue weighted by Gasteiger charge is -2.15. The first-order valence-corrected chi connectivity index (χ1v) is 17.8. The summed E-state index contributed by atoms with van der Waals surface area (Å²) in [5, 5.41) is 6.98. The lowest BCUT2D eigenvalue weighted by molar-refractivity contribution is 0.669. The summed E-state index contributed by atoms with van der Waals surface area (Å²) in [7, 11) is 0. The van der Waals surface area contributed by atoms with E-state index in [4.69, 9.17) is 19.4 Å². The molecule has 6 heteroatoms. The molecule has 7 aromatic carbocycles. The second-order valence-corrected chi connectivity index (χ2v) is 13.8. The normalized spacial score (nSPS) is 11.9. The zero-order valence-electron chi connectivity index (χ0n) is 27.1. The number of aromatic nitrogens is 4. The number of thiophene rings is 1. The van der Waals surface area contributed by atoms with Gasteiger partial charge in [-0.05, 0) is 42.5 Å². The van der Waals surface area contributed by atoms with E-state index in [0.717, 1.165) is 49.8 Å². The summed E-state index contributed by atoms with van der Waals surface area (Å²) < 4.78 is 11.2. The van der Waals surface area contributed by atoms with Crippen molar-refractivity contribution in [1.29, 1.82) is 0 Å². The van der Waals surface area contributed by atoms with Crippen LogP contribution in [0, 0.1) is 0 Å². The maximum Gasteiger partial charge on any atom is 0.166 e. The standard InChI is InChI=1S/C45H26N4OS/c1-2-13-27(14-3-1)43-46-44(48-45(47-43)33-19-12-23-37-40(33)31-17-6-10-22-36(31)50-37)30-16-5-9-21-35(30)49-34-20-8-4-15-28(34)29-25-26-39-41(42(29)49)32-18-7-11-24-38(32)51-39/h1-26H. The summed E-state index contributed by atoms with van der Waals surface area (Å²) in [5.74, 6) is 1.82. The van der Waals surface area contributed by atoms with Gasteiger partial charge >= 0.3 is 0 Å². The number of para-hydroxylation sites is 3. The smallest absolute Gasteiger partial charge is 0.166 e. The molecule has 0 N–H and O–H groups in total. The molecule has 4 heterocycles. The Morgan fingerprint density at radius 3 is 2.00 bits per heavy atom. The monoisotopic (exact) mass is 670 g/mol. The molecule has 0 bridgehead atoms. The SMILES string of the molecule is c1ccc(-c2nc(-c3ccccc3-n3c4ccccc4c4ccc5sc6ccccc6c5c43)nc(-c3cccc4oc5ccccc5c34)n2)cc1. The van der Waals surface area contributed by atoms with Gasteiger partial charge in [0, 0.05) is 58.4 Å². The molecule has 0 fully saturated rings. The number of hydrogen-bond acceptors (Lipinski definition) is 5. The molecule has 0 aliphatic carbocycles. The molecule has 51 heavy (non-hydrogen) atoms. The van der Waals surface area contributed by atoms with Gasteiger partial charge in [0.2, 0.25) is 0 Å². The largest absolute Gasteiger partial charge is 0.456 e. The minimum Gasteiger partial charge on any atom is -0.456 e. The molecule has 0 saturated carbocycles. The highest BCUT2D eigenvalue weighted by molar-refractivity contribution is 7.26. The molecular formula is C45H26N4OS. The Morgan fingerprint density at radius 1 is 0.431 bits per heavy atom. The minimum absolute atomic E-state index is 0.597. The summed E-state index contributed by atoms with van der Waals surface area (Å²) in [6, 6.07) is 54.8. The molecule has 0 saturated heterocycles. The van der Waals surface area contributed by atoms with Gasteiger partial charge in [-0.2, -0.15) is 0 Å². The molecule has 238 valence electrons. The van der Waals surface area contributed by atoms with Crippen LogP contribution in [0.15, 0.2) is 162 Å². The predicted molar refractivity (Wildman–Crippen MR) is 211 cm³/mol. The van der Waals surface area contributed by atoms with Gasteiger partial charge in [-0.3, -0.25) is 0 Å². The van der Waals surface area contributed by atoms with Crippen molar-refractivity contribution in [3.63, 3.8) is 0 Å². The van der Waals surface area contributed by atoms with E-state index in [1.54, 1.807) is 0 Å². The molecule has 11 aromatic rings. The summed E-state index contributed by atoms with van der Waals surface area (Å²) >= 11 is 1.84. The van der Waals surface area contributed by atoms with Gasteiger partial charge in [-0.15, -0.1) is 11.3 Å². The van der Waals surface area contributed by atoms with Crippen molar-refractivity contribution in [2.75, 3.05) is 0 Å². The van der Waals surface area contributed by atoms with Crippen LogP contribution in [-0.4, -0.2) is 19.5 Å². The number of furan rings is 1. The first-order chi connectivity index (χ1) is 25.3. The predicted octanol–water partition coefficient (Wildman–Crippen LogP) is 12.2. The average Bonchev–Trinajstić information content (AvgIpc) is 3.87. The topological polar surface area (TPSA) is 56.7 Å². The van der Waals surface area contributed by atoms with Crippen LogP contribution in [0.4, 0.5) is 0 Å².